The van der Waals surface area contributed by atoms with Gasteiger partial charge in [0.15, 0.2) is 5.78 Å². The normalized spacial score (nSPS) is 22.0. The van der Waals surface area contributed by atoms with E-state index in [9.17, 15) is 4.79 Å². The third-order valence-electron chi connectivity index (χ3n) is 6.00. The third kappa shape index (κ3) is 3.14. The van der Waals surface area contributed by atoms with Gasteiger partial charge in [-0.1, -0.05) is 0 Å². The minimum Gasteiger partial charge on any atom is -0.298 e. The number of hydrogen-bond acceptors (Lipinski definition) is 5. The second kappa shape index (κ2) is 6.53. The Bertz CT molecular complexity index is 991. The summed E-state index contributed by atoms with van der Waals surface area (Å²) < 4.78 is 1.77. The molecule has 2 saturated heterocycles. The molecule has 0 unspecified atom stereocenters. The van der Waals surface area contributed by atoms with Crippen molar-refractivity contribution in [3.63, 3.8) is 0 Å². The van der Waals surface area contributed by atoms with Gasteiger partial charge in [-0.25, -0.2) is 0 Å². The fourth-order valence-electron chi connectivity index (χ4n) is 4.63. The van der Waals surface area contributed by atoms with Crippen LogP contribution in [0.1, 0.15) is 31.4 Å². The molecule has 3 aromatic rings. The largest absolute Gasteiger partial charge is 0.298 e. The number of pyridine rings is 2. The smallest absolute Gasteiger partial charge is 0.152 e. The molecule has 2 aliphatic rings. The molecule has 0 spiro atoms. The van der Waals surface area contributed by atoms with Gasteiger partial charge in [0.05, 0.1) is 24.9 Å². The van der Waals surface area contributed by atoms with E-state index < -0.39 is 0 Å². The number of carbonyl (C=O) groups excluding carboxylic acids is 1. The van der Waals surface area contributed by atoms with Gasteiger partial charge >= 0.3 is 0 Å². The number of fused-ring (bicyclic) bond motifs is 3. The lowest BCUT2D eigenvalue weighted by Crippen LogP contribution is -2.34. The van der Waals surface area contributed by atoms with Crippen LogP contribution in [0.4, 0.5) is 0 Å². The lowest BCUT2D eigenvalue weighted by molar-refractivity contribution is -0.119. The van der Waals surface area contributed by atoms with Gasteiger partial charge in [0, 0.05) is 54.4 Å². The monoisotopic (exact) mass is 361 g/mol. The summed E-state index contributed by atoms with van der Waals surface area (Å²) in [5, 5.41) is 6.25. The number of Topliss-reactive ketones (excluding diaryl/α,β-unsaturated/α-hetero) is 1. The predicted octanol–water partition coefficient (Wildman–Crippen LogP) is 2.77. The second-order valence-electron chi connectivity index (χ2n) is 7.85. The summed E-state index contributed by atoms with van der Waals surface area (Å²) in [6, 6.07) is 5.34. The van der Waals surface area contributed by atoms with Crippen molar-refractivity contribution in [3.8, 4) is 11.3 Å². The molecule has 0 amide bonds. The van der Waals surface area contributed by atoms with E-state index in [1.54, 1.807) is 4.68 Å². The number of carbonyl (C=O) groups is 1. The van der Waals surface area contributed by atoms with Gasteiger partial charge in [0.1, 0.15) is 0 Å². The van der Waals surface area contributed by atoms with E-state index >= 15 is 0 Å². The zero-order chi connectivity index (χ0) is 18.4. The van der Waals surface area contributed by atoms with Crippen molar-refractivity contribution in [2.24, 2.45) is 7.05 Å². The highest BCUT2D eigenvalue weighted by Crippen LogP contribution is 2.37. The molecule has 0 radical (unpaired) electrons. The van der Waals surface area contributed by atoms with Crippen molar-refractivity contribution in [2.45, 2.75) is 44.2 Å². The van der Waals surface area contributed by atoms with E-state index in [1.807, 2.05) is 44.0 Å². The molecule has 6 nitrogen and oxygen atoms in total. The summed E-state index contributed by atoms with van der Waals surface area (Å²) in [5.41, 5.74) is 2.70. The molecule has 3 aromatic heterocycles. The van der Waals surface area contributed by atoms with Gasteiger partial charge in [-0.3, -0.25) is 24.3 Å². The molecule has 0 N–H and O–H groups in total. The van der Waals surface area contributed by atoms with Gasteiger partial charge in [-0.2, -0.15) is 5.10 Å². The maximum atomic E-state index is 12.6. The van der Waals surface area contributed by atoms with Crippen LogP contribution in [-0.2, 0) is 18.3 Å². The summed E-state index contributed by atoms with van der Waals surface area (Å²) in [4.78, 5) is 24.0. The zero-order valence-electron chi connectivity index (χ0n) is 15.5. The zero-order valence-corrected chi connectivity index (χ0v) is 15.5. The maximum absolute atomic E-state index is 12.6. The number of hydrogen-bond donors (Lipinski definition) is 0. The lowest BCUT2D eigenvalue weighted by atomic mass is 10.0. The molecule has 5 heterocycles. The Hall–Kier alpha value is -2.60. The summed E-state index contributed by atoms with van der Waals surface area (Å²) in [6.07, 6.45) is 12.8. The van der Waals surface area contributed by atoms with Crippen molar-refractivity contribution in [2.75, 3.05) is 6.54 Å². The van der Waals surface area contributed by atoms with Crippen LogP contribution in [0.15, 0.2) is 36.9 Å². The molecule has 0 saturated carbocycles. The van der Waals surface area contributed by atoms with E-state index in [0.717, 1.165) is 27.7 Å². The quantitative estimate of drug-likeness (QED) is 0.699. The van der Waals surface area contributed by atoms with E-state index in [-0.39, 0.29) is 5.78 Å². The van der Waals surface area contributed by atoms with Crippen molar-refractivity contribution in [3.05, 3.63) is 42.6 Å². The molecule has 0 aliphatic carbocycles. The number of aryl methyl sites for hydroxylation is 1. The highest BCUT2D eigenvalue weighted by molar-refractivity contribution is 5.87. The first-order valence-electron chi connectivity index (χ1n) is 9.67. The number of rotatable bonds is 5. The molecule has 6 heteroatoms. The molecule has 27 heavy (non-hydrogen) atoms. The first-order chi connectivity index (χ1) is 13.2. The molecule has 2 aliphatic heterocycles. The highest BCUT2D eigenvalue weighted by Gasteiger charge is 2.39. The van der Waals surface area contributed by atoms with Gasteiger partial charge in [-0.15, -0.1) is 0 Å². The second-order valence-corrected chi connectivity index (χ2v) is 7.85. The summed E-state index contributed by atoms with van der Waals surface area (Å²) in [6.45, 7) is 0.576. The minimum atomic E-state index is 0.266. The average Bonchev–Trinajstić information content (AvgIpc) is 3.37. The van der Waals surface area contributed by atoms with Crippen LogP contribution in [0.3, 0.4) is 0 Å². The maximum Gasteiger partial charge on any atom is 0.152 e. The van der Waals surface area contributed by atoms with Gasteiger partial charge in [0.25, 0.3) is 0 Å². The van der Waals surface area contributed by atoms with Crippen LogP contribution in [0.2, 0.25) is 0 Å². The topological polar surface area (TPSA) is 63.9 Å². The third-order valence-corrected chi connectivity index (χ3v) is 6.00. The van der Waals surface area contributed by atoms with Crippen LogP contribution in [0, 0.1) is 0 Å². The first kappa shape index (κ1) is 16.6. The highest BCUT2D eigenvalue weighted by atomic mass is 16.1. The van der Waals surface area contributed by atoms with Crippen molar-refractivity contribution >= 4 is 16.6 Å². The summed E-state index contributed by atoms with van der Waals surface area (Å²) in [7, 11) is 1.89. The number of ketones is 1. The minimum absolute atomic E-state index is 0.266. The fraction of sp³-hybridized carbons (Fsp3) is 0.429. The van der Waals surface area contributed by atoms with Crippen LogP contribution in [0.25, 0.3) is 22.0 Å². The van der Waals surface area contributed by atoms with E-state index in [0.29, 0.717) is 25.0 Å². The van der Waals surface area contributed by atoms with Crippen LogP contribution < -0.4 is 0 Å². The van der Waals surface area contributed by atoms with E-state index in [2.05, 4.69) is 20.0 Å². The van der Waals surface area contributed by atoms with Crippen molar-refractivity contribution in [1.82, 2.24) is 24.6 Å². The van der Waals surface area contributed by atoms with E-state index in [4.69, 9.17) is 0 Å². The van der Waals surface area contributed by atoms with Crippen molar-refractivity contribution < 1.29 is 4.79 Å². The van der Waals surface area contributed by atoms with E-state index in [1.165, 1.54) is 25.7 Å². The van der Waals surface area contributed by atoms with Crippen LogP contribution in [0.5, 0.6) is 0 Å². The van der Waals surface area contributed by atoms with Gasteiger partial charge in [0.2, 0.25) is 0 Å². The van der Waals surface area contributed by atoms with Gasteiger partial charge < -0.3 is 0 Å². The fourth-order valence-corrected chi connectivity index (χ4v) is 4.63. The van der Waals surface area contributed by atoms with Crippen LogP contribution in [-0.4, -0.2) is 49.1 Å². The summed E-state index contributed by atoms with van der Waals surface area (Å²) >= 11 is 0. The molecule has 138 valence electrons. The van der Waals surface area contributed by atoms with Crippen LogP contribution >= 0.6 is 0 Å². The Labute approximate surface area is 158 Å². The Morgan fingerprint density at radius 2 is 1.78 bits per heavy atom. The predicted molar refractivity (Wildman–Crippen MR) is 103 cm³/mol. The number of aromatic nitrogens is 4. The molecule has 2 fully saturated rings. The Balaban J connectivity index is 1.35. The lowest BCUT2D eigenvalue weighted by Gasteiger charge is -2.20. The SMILES string of the molecule is Cn1cc(-c2cc3cc(CC(=O)CN4C5CCC4CC5)ncc3cn2)cn1. The average molecular weight is 361 g/mol. The summed E-state index contributed by atoms with van der Waals surface area (Å²) in [5.74, 6) is 0.266. The Kier molecular flexibility index (Phi) is 4.01. The van der Waals surface area contributed by atoms with Gasteiger partial charge in [-0.05, 0) is 43.2 Å². The van der Waals surface area contributed by atoms with Crippen molar-refractivity contribution in [1.29, 1.82) is 0 Å². The molecule has 5 rings (SSSR count). The molecule has 0 atom stereocenters. The molecule has 2 bridgehead atoms. The number of nitrogens with zero attached hydrogens (tertiary/aromatic N) is 5. The standard InChI is InChI=1S/C21H23N5O/c1-25-12-16(11-24-25)21-7-14-6-17(22-9-15(14)10-23-21)8-20(27)13-26-18-2-3-19(26)5-4-18/h6-7,9-12,18-19H,2-5,8,13H2,1H3. The Morgan fingerprint density at radius 1 is 1.04 bits per heavy atom. The molecular weight excluding hydrogens is 338 g/mol. The molecular formula is C21H23N5O. The Morgan fingerprint density at radius 3 is 2.48 bits per heavy atom. The molecule has 0 aromatic carbocycles. The first-order valence-corrected chi connectivity index (χ1v) is 9.67.